The van der Waals surface area contributed by atoms with Gasteiger partial charge in [0.05, 0.1) is 4.92 Å². The van der Waals surface area contributed by atoms with Gasteiger partial charge in [-0.25, -0.2) is 4.79 Å². The molecule has 2 N–H and O–H groups in total. The minimum atomic E-state index is -1.08. The highest BCUT2D eigenvalue weighted by Crippen LogP contribution is 2.28. The van der Waals surface area contributed by atoms with Gasteiger partial charge in [0.25, 0.3) is 0 Å². The number of hydrogen-bond acceptors (Lipinski definition) is 6. The highest BCUT2D eigenvalue weighted by Gasteiger charge is 2.22. The molecule has 8 nitrogen and oxygen atoms in total. The van der Waals surface area contributed by atoms with Crippen LogP contribution in [0.4, 0.5) is 10.5 Å². The number of benzene rings is 1. The number of aldehydes is 1. The monoisotopic (exact) mass is 296 g/mol. The van der Waals surface area contributed by atoms with Crippen molar-refractivity contribution in [3.8, 4) is 5.75 Å². The number of carbonyl (C=O) groups excluding carboxylic acids is 2. The maximum atomic E-state index is 11.6. The van der Waals surface area contributed by atoms with E-state index >= 15 is 0 Å². The number of nitro groups is 1. The Morgan fingerprint density at radius 1 is 1.48 bits per heavy atom. The molecule has 1 aromatic carbocycles. The molecule has 8 heteroatoms. The zero-order chi connectivity index (χ0) is 16.2. The first-order chi connectivity index (χ1) is 9.64. The second-order valence-electron chi connectivity index (χ2n) is 5.27. The van der Waals surface area contributed by atoms with Crippen LogP contribution in [0, 0.1) is 10.1 Å². The molecule has 0 aliphatic carbocycles. The van der Waals surface area contributed by atoms with E-state index in [-0.39, 0.29) is 5.56 Å². The van der Waals surface area contributed by atoms with Gasteiger partial charge in [-0.3, -0.25) is 10.1 Å². The van der Waals surface area contributed by atoms with Crippen LogP contribution in [-0.2, 0) is 9.53 Å². The van der Waals surface area contributed by atoms with Crippen LogP contribution in [0.15, 0.2) is 18.2 Å². The summed E-state index contributed by atoms with van der Waals surface area (Å²) in [5.41, 5.74) is -1.01. The van der Waals surface area contributed by atoms with E-state index in [2.05, 4.69) is 5.32 Å². The highest BCUT2D eigenvalue weighted by molar-refractivity contribution is 5.75. The number of ether oxygens (including phenoxy) is 1. The molecule has 1 aromatic rings. The Hall–Kier alpha value is -2.64. The first-order valence-electron chi connectivity index (χ1n) is 6.06. The molecular weight excluding hydrogens is 280 g/mol. The average Bonchev–Trinajstić information content (AvgIpc) is 2.33. The molecule has 1 atom stereocenters. The largest absolute Gasteiger partial charge is 0.502 e. The summed E-state index contributed by atoms with van der Waals surface area (Å²) in [4.78, 5) is 32.5. The molecule has 1 rings (SSSR count). The first kappa shape index (κ1) is 16.4. The van der Waals surface area contributed by atoms with Crippen molar-refractivity contribution < 1.29 is 24.4 Å². The Kier molecular flexibility index (Phi) is 4.85. The Morgan fingerprint density at radius 2 is 2.10 bits per heavy atom. The van der Waals surface area contributed by atoms with Crippen molar-refractivity contribution in [1.29, 1.82) is 0 Å². The van der Waals surface area contributed by atoms with Crippen LogP contribution >= 0.6 is 0 Å². The van der Waals surface area contributed by atoms with Gasteiger partial charge in [-0.1, -0.05) is 0 Å². The predicted molar refractivity (Wildman–Crippen MR) is 72.9 cm³/mol. The number of rotatable bonds is 4. The molecule has 0 fully saturated rings. The van der Waals surface area contributed by atoms with E-state index in [1.165, 1.54) is 6.07 Å². The molecule has 21 heavy (non-hydrogen) atoms. The van der Waals surface area contributed by atoms with E-state index in [0.717, 1.165) is 12.1 Å². The first-order valence-corrected chi connectivity index (χ1v) is 6.06. The van der Waals surface area contributed by atoms with E-state index in [1.807, 2.05) is 0 Å². The van der Waals surface area contributed by atoms with Gasteiger partial charge < -0.3 is 20.0 Å². The lowest BCUT2D eigenvalue weighted by molar-refractivity contribution is -0.385. The average molecular weight is 296 g/mol. The lowest BCUT2D eigenvalue weighted by Gasteiger charge is -2.21. The minimum Gasteiger partial charge on any atom is -0.502 e. The van der Waals surface area contributed by atoms with Crippen molar-refractivity contribution in [1.82, 2.24) is 5.32 Å². The summed E-state index contributed by atoms with van der Waals surface area (Å²) < 4.78 is 5.00. The molecule has 1 amide bonds. The molecule has 0 aliphatic heterocycles. The van der Waals surface area contributed by atoms with Crippen molar-refractivity contribution in [2.45, 2.75) is 32.4 Å². The lowest BCUT2D eigenvalue weighted by Crippen LogP contribution is -2.35. The third-order valence-electron chi connectivity index (χ3n) is 2.36. The zero-order valence-electron chi connectivity index (χ0n) is 11.8. The number of phenols is 1. The van der Waals surface area contributed by atoms with Gasteiger partial charge >= 0.3 is 11.8 Å². The van der Waals surface area contributed by atoms with Crippen LogP contribution in [0.2, 0.25) is 0 Å². The molecule has 0 bridgehead atoms. The molecule has 0 aromatic heterocycles. The standard InChI is InChI=1S/C13H16N2O6/c1-13(2,3)21-12(18)14-9(7-16)8-4-5-10(15(19)20)11(17)6-8/h4-7,9,17H,1-3H3,(H,14,18). The van der Waals surface area contributed by atoms with Crippen LogP contribution in [0.5, 0.6) is 5.75 Å². The summed E-state index contributed by atoms with van der Waals surface area (Å²) in [5, 5.41) is 22.4. The number of hydrogen-bond donors (Lipinski definition) is 2. The summed E-state index contributed by atoms with van der Waals surface area (Å²) in [5.74, 6) is -0.588. The zero-order valence-corrected chi connectivity index (χ0v) is 11.8. The summed E-state index contributed by atoms with van der Waals surface area (Å²) in [7, 11) is 0. The highest BCUT2D eigenvalue weighted by atomic mass is 16.6. The van der Waals surface area contributed by atoms with Crippen LogP contribution < -0.4 is 5.32 Å². The molecule has 0 saturated heterocycles. The number of carbonyl (C=O) groups is 2. The van der Waals surface area contributed by atoms with Gasteiger partial charge in [-0.15, -0.1) is 0 Å². The van der Waals surface area contributed by atoms with E-state index in [9.17, 15) is 24.8 Å². The predicted octanol–water partition coefficient (Wildman–Crippen LogP) is 2.07. The van der Waals surface area contributed by atoms with Gasteiger partial charge in [0, 0.05) is 6.07 Å². The SMILES string of the molecule is CC(C)(C)OC(=O)NC(C=O)c1ccc([N+](=O)[O-])c(O)c1. The van der Waals surface area contributed by atoms with Crippen molar-refractivity contribution in [3.63, 3.8) is 0 Å². The molecular formula is C13H16N2O6. The topological polar surface area (TPSA) is 119 Å². The van der Waals surface area contributed by atoms with E-state index in [0.29, 0.717) is 6.29 Å². The smallest absolute Gasteiger partial charge is 0.408 e. The molecule has 0 spiro atoms. The number of aromatic hydroxyl groups is 1. The molecule has 0 radical (unpaired) electrons. The number of phenolic OH excluding ortho intramolecular Hbond substituents is 1. The third kappa shape index (κ3) is 4.75. The number of alkyl carbamates (subject to hydrolysis) is 1. The fourth-order valence-electron chi connectivity index (χ4n) is 1.52. The third-order valence-corrected chi connectivity index (χ3v) is 2.36. The maximum absolute atomic E-state index is 11.6. The van der Waals surface area contributed by atoms with Gasteiger partial charge in [0.15, 0.2) is 5.75 Å². The van der Waals surface area contributed by atoms with Crippen molar-refractivity contribution >= 4 is 18.1 Å². The normalized spacial score (nSPS) is 12.3. The minimum absolute atomic E-state index is 0.207. The van der Waals surface area contributed by atoms with Gasteiger partial charge in [-0.05, 0) is 38.5 Å². The van der Waals surface area contributed by atoms with Crippen LogP contribution in [0.25, 0.3) is 0 Å². The van der Waals surface area contributed by atoms with Gasteiger partial charge in [0.1, 0.15) is 17.9 Å². The fraction of sp³-hybridized carbons (Fsp3) is 0.385. The van der Waals surface area contributed by atoms with E-state index < -0.39 is 34.1 Å². The van der Waals surface area contributed by atoms with E-state index in [4.69, 9.17) is 4.74 Å². The summed E-state index contributed by atoms with van der Waals surface area (Å²) in [6, 6.07) is 2.30. The van der Waals surface area contributed by atoms with Crippen molar-refractivity contribution in [2.75, 3.05) is 0 Å². The van der Waals surface area contributed by atoms with E-state index in [1.54, 1.807) is 20.8 Å². The molecule has 0 heterocycles. The summed E-state index contributed by atoms with van der Waals surface area (Å²) in [6.45, 7) is 5.00. The maximum Gasteiger partial charge on any atom is 0.408 e. The van der Waals surface area contributed by atoms with Crippen LogP contribution in [0.1, 0.15) is 32.4 Å². The molecule has 114 valence electrons. The van der Waals surface area contributed by atoms with Crippen LogP contribution in [-0.4, -0.2) is 28.0 Å². The Bertz CT molecular complexity index is 564. The number of nitro benzene ring substituents is 1. The number of amides is 1. The fourth-order valence-corrected chi connectivity index (χ4v) is 1.52. The Morgan fingerprint density at radius 3 is 2.52 bits per heavy atom. The van der Waals surface area contributed by atoms with Gasteiger partial charge in [0.2, 0.25) is 0 Å². The lowest BCUT2D eigenvalue weighted by atomic mass is 10.1. The molecule has 0 aliphatic rings. The Balaban J connectivity index is 2.91. The summed E-state index contributed by atoms with van der Waals surface area (Å²) >= 11 is 0. The second-order valence-corrected chi connectivity index (χ2v) is 5.27. The second kappa shape index (κ2) is 6.21. The number of nitrogens with one attached hydrogen (secondary N) is 1. The van der Waals surface area contributed by atoms with Crippen LogP contribution in [0.3, 0.4) is 0 Å². The molecule has 0 saturated carbocycles. The molecule has 1 unspecified atom stereocenters. The quantitative estimate of drug-likeness (QED) is 0.498. The number of nitrogens with zero attached hydrogens (tertiary/aromatic N) is 1. The van der Waals surface area contributed by atoms with Crippen molar-refractivity contribution in [2.24, 2.45) is 0 Å². The Labute approximate surface area is 120 Å². The van der Waals surface area contributed by atoms with Gasteiger partial charge in [-0.2, -0.15) is 0 Å². The summed E-state index contributed by atoms with van der Waals surface area (Å²) in [6.07, 6.45) is -0.373. The van der Waals surface area contributed by atoms with Crippen molar-refractivity contribution in [3.05, 3.63) is 33.9 Å².